The molecule has 0 saturated carbocycles. The molecule has 1 aliphatic rings. The maximum absolute atomic E-state index is 14.2. The Morgan fingerprint density at radius 1 is 1.03 bits per heavy atom. The van der Waals surface area contributed by atoms with Crippen molar-refractivity contribution in [2.24, 2.45) is 0 Å². The molecule has 3 aromatic rings. The van der Waals surface area contributed by atoms with Crippen LogP contribution in [-0.4, -0.2) is 15.6 Å². The Morgan fingerprint density at radius 2 is 1.70 bits per heavy atom. The summed E-state index contributed by atoms with van der Waals surface area (Å²) >= 11 is 0. The highest BCUT2D eigenvalue weighted by molar-refractivity contribution is 5.90. The van der Waals surface area contributed by atoms with Crippen molar-refractivity contribution in [1.82, 2.24) is 4.57 Å². The van der Waals surface area contributed by atoms with Gasteiger partial charge in [-0.25, -0.2) is 4.39 Å². The molecular formula is C23H18F7NO2. The van der Waals surface area contributed by atoms with E-state index >= 15 is 0 Å². The number of hydrogen-bond donors (Lipinski definition) is 1. The second kappa shape index (κ2) is 8.07. The molecule has 176 valence electrons. The standard InChI is InChI=1S/C23H18F7NO2/c24-15-9-17-16-3-1-2-13(8-19(32)33)20(16)31(21(17)18(10-15)23(28,29)30)11-12-4-6-14(7-5-12)22(25,26)27/h4-7,9-10,13H,1-3,8,11H2,(H,32,33). The number of fused-ring (bicyclic) bond motifs is 3. The molecule has 1 unspecified atom stereocenters. The smallest absolute Gasteiger partial charge is 0.418 e. The van der Waals surface area contributed by atoms with E-state index in [1.165, 1.54) is 16.7 Å². The number of alkyl halides is 6. The van der Waals surface area contributed by atoms with E-state index in [4.69, 9.17) is 0 Å². The predicted octanol–water partition coefficient (Wildman–Crippen LogP) is 6.76. The quantitative estimate of drug-likeness (QED) is 0.426. The lowest BCUT2D eigenvalue weighted by atomic mass is 9.84. The first-order valence-electron chi connectivity index (χ1n) is 10.2. The summed E-state index contributed by atoms with van der Waals surface area (Å²) in [6, 6.07) is 5.43. The summed E-state index contributed by atoms with van der Waals surface area (Å²) in [5, 5.41) is 9.38. The fraction of sp³-hybridized carbons (Fsp3) is 0.348. The molecule has 0 bridgehead atoms. The summed E-state index contributed by atoms with van der Waals surface area (Å²) in [5.41, 5.74) is -1.25. The zero-order valence-corrected chi connectivity index (χ0v) is 17.0. The molecule has 1 atom stereocenters. The molecule has 1 aromatic heterocycles. The van der Waals surface area contributed by atoms with Crippen molar-refractivity contribution in [2.75, 3.05) is 0 Å². The van der Waals surface area contributed by atoms with E-state index in [0.717, 1.165) is 18.2 Å². The number of hydrogen-bond acceptors (Lipinski definition) is 1. The van der Waals surface area contributed by atoms with Crippen LogP contribution in [0.1, 0.15) is 53.1 Å². The van der Waals surface area contributed by atoms with E-state index in [1.807, 2.05) is 0 Å². The van der Waals surface area contributed by atoms with E-state index in [9.17, 15) is 40.6 Å². The first-order chi connectivity index (χ1) is 15.4. The number of aliphatic carboxylic acids is 1. The van der Waals surface area contributed by atoms with Gasteiger partial charge in [-0.2, -0.15) is 26.3 Å². The third kappa shape index (κ3) is 4.43. The third-order valence-corrected chi connectivity index (χ3v) is 5.98. The molecule has 0 saturated heterocycles. The van der Waals surface area contributed by atoms with Gasteiger partial charge >= 0.3 is 18.3 Å². The molecule has 0 spiro atoms. The van der Waals surface area contributed by atoms with E-state index in [0.29, 0.717) is 42.1 Å². The summed E-state index contributed by atoms with van der Waals surface area (Å²) in [7, 11) is 0. The zero-order chi connectivity index (χ0) is 24.1. The van der Waals surface area contributed by atoms with Crippen LogP contribution in [0.5, 0.6) is 0 Å². The average molecular weight is 473 g/mol. The van der Waals surface area contributed by atoms with Gasteiger partial charge in [0.2, 0.25) is 0 Å². The molecule has 4 rings (SSSR count). The van der Waals surface area contributed by atoms with Gasteiger partial charge in [-0.15, -0.1) is 0 Å². The normalized spacial score (nSPS) is 16.8. The minimum Gasteiger partial charge on any atom is -0.481 e. The van der Waals surface area contributed by atoms with E-state index in [-0.39, 0.29) is 23.9 Å². The van der Waals surface area contributed by atoms with Crippen molar-refractivity contribution in [3.8, 4) is 0 Å². The number of carboxylic acids is 1. The predicted molar refractivity (Wildman–Crippen MR) is 105 cm³/mol. The Hall–Kier alpha value is -3.04. The molecule has 1 N–H and O–H groups in total. The fourth-order valence-corrected chi connectivity index (χ4v) is 4.70. The number of aromatic nitrogens is 1. The molecule has 0 fully saturated rings. The van der Waals surface area contributed by atoms with E-state index < -0.39 is 41.2 Å². The van der Waals surface area contributed by atoms with Crippen LogP contribution < -0.4 is 0 Å². The number of carbonyl (C=O) groups is 1. The third-order valence-electron chi connectivity index (χ3n) is 5.98. The van der Waals surface area contributed by atoms with Gasteiger partial charge < -0.3 is 9.67 Å². The number of carboxylic acid groups (broad SMARTS) is 1. The first-order valence-corrected chi connectivity index (χ1v) is 10.2. The minimum atomic E-state index is -4.89. The van der Waals surface area contributed by atoms with Crippen LogP contribution in [0.2, 0.25) is 0 Å². The topological polar surface area (TPSA) is 42.2 Å². The first kappa shape index (κ1) is 23.1. The van der Waals surface area contributed by atoms with Crippen LogP contribution in [0.15, 0.2) is 36.4 Å². The molecule has 33 heavy (non-hydrogen) atoms. The monoisotopic (exact) mass is 473 g/mol. The molecule has 1 heterocycles. The van der Waals surface area contributed by atoms with Gasteiger partial charge in [-0.1, -0.05) is 12.1 Å². The highest BCUT2D eigenvalue weighted by atomic mass is 19.4. The van der Waals surface area contributed by atoms with Crippen LogP contribution in [0.4, 0.5) is 30.7 Å². The Kier molecular flexibility index (Phi) is 5.66. The van der Waals surface area contributed by atoms with Crippen molar-refractivity contribution in [3.63, 3.8) is 0 Å². The van der Waals surface area contributed by atoms with Gasteiger partial charge in [0.25, 0.3) is 0 Å². The largest absolute Gasteiger partial charge is 0.481 e. The van der Waals surface area contributed by atoms with E-state index in [2.05, 4.69) is 0 Å². The van der Waals surface area contributed by atoms with Crippen LogP contribution in [-0.2, 0) is 30.1 Å². The SMILES string of the molecule is O=C(O)CC1CCCc2c1n(Cc1ccc(C(F)(F)F)cc1)c1c(C(F)(F)F)cc(F)cc21. The Bertz CT molecular complexity index is 1210. The lowest BCUT2D eigenvalue weighted by molar-refractivity contribution is -0.138. The Labute approximate surface area is 183 Å². The van der Waals surface area contributed by atoms with Gasteiger partial charge in [0, 0.05) is 23.5 Å². The molecule has 0 aliphatic heterocycles. The molecule has 0 radical (unpaired) electrons. The number of rotatable bonds is 4. The van der Waals surface area contributed by atoms with Gasteiger partial charge in [0.05, 0.1) is 23.1 Å². The van der Waals surface area contributed by atoms with Gasteiger partial charge in [0.15, 0.2) is 0 Å². The Balaban J connectivity index is 1.95. The number of halogens is 7. The van der Waals surface area contributed by atoms with Crippen molar-refractivity contribution < 1.29 is 40.6 Å². The summed E-state index contributed by atoms with van der Waals surface area (Å²) in [6.45, 7) is -0.213. The highest BCUT2D eigenvalue weighted by Gasteiger charge is 2.38. The molecule has 0 amide bonds. The van der Waals surface area contributed by atoms with Gasteiger partial charge in [-0.05, 0) is 54.7 Å². The maximum Gasteiger partial charge on any atom is 0.418 e. The number of nitrogens with zero attached hydrogens (tertiary/aromatic N) is 1. The van der Waals surface area contributed by atoms with Gasteiger partial charge in [-0.3, -0.25) is 4.79 Å². The second-order valence-corrected chi connectivity index (χ2v) is 8.18. The molecule has 1 aliphatic carbocycles. The minimum absolute atomic E-state index is 0.0549. The fourth-order valence-electron chi connectivity index (χ4n) is 4.70. The van der Waals surface area contributed by atoms with Crippen LogP contribution in [0, 0.1) is 5.82 Å². The summed E-state index contributed by atoms with van der Waals surface area (Å²) in [6.07, 6.45) is -8.47. The van der Waals surface area contributed by atoms with E-state index in [1.54, 1.807) is 0 Å². The summed E-state index contributed by atoms with van der Waals surface area (Å²) < 4.78 is 95.8. The maximum atomic E-state index is 14.2. The lowest BCUT2D eigenvalue weighted by Crippen LogP contribution is -2.18. The number of aryl methyl sites for hydroxylation is 1. The second-order valence-electron chi connectivity index (χ2n) is 8.18. The lowest BCUT2D eigenvalue weighted by Gasteiger charge is -2.25. The van der Waals surface area contributed by atoms with Crippen molar-refractivity contribution >= 4 is 16.9 Å². The molecule has 3 nitrogen and oxygen atoms in total. The summed E-state index contributed by atoms with van der Waals surface area (Å²) in [4.78, 5) is 11.4. The molecular weight excluding hydrogens is 455 g/mol. The van der Waals surface area contributed by atoms with Crippen LogP contribution >= 0.6 is 0 Å². The van der Waals surface area contributed by atoms with Gasteiger partial charge in [0.1, 0.15) is 5.82 Å². The van der Waals surface area contributed by atoms with Crippen LogP contribution in [0.3, 0.4) is 0 Å². The van der Waals surface area contributed by atoms with Crippen molar-refractivity contribution in [1.29, 1.82) is 0 Å². The zero-order valence-electron chi connectivity index (χ0n) is 17.0. The molecule has 10 heteroatoms. The number of benzene rings is 2. The van der Waals surface area contributed by atoms with Crippen molar-refractivity contribution in [2.45, 2.75) is 50.5 Å². The average Bonchev–Trinajstić information content (AvgIpc) is 3.00. The van der Waals surface area contributed by atoms with Crippen molar-refractivity contribution in [3.05, 3.63) is 70.2 Å². The molecule has 2 aromatic carbocycles. The summed E-state index contributed by atoms with van der Waals surface area (Å²) in [5.74, 6) is -2.79. The Morgan fingerprint density at radius 3 is 2.27 bits per heavy atom. The highest BCUT2D eigenvalue weighted by Crippen LogP contribution is 2.45. The van der Waals surface area contributed by atoms with Crippen LogP contribution in [0.25, 0.3) is 10.9 Å².